The monoisotopic (exact) mass is 419 g/mol. The highest BCUT2D eigenvalue weighted by molar-refractivity contribution is 6.04. The van der Waals surface area contributed by atoms with E-state index < -0.39 is 5.91 Å². The Morgan fingerprint density at radius 3 is 2.55 bits per heavy atom. The standard InChI is InChI=1S/C25H29N3O3/c1-19-7-4-8-20(17-19)18-28-15-5-9-23(25(28)30)24(29)26-21-10-12-22(13-11-21)31-16-6-14-27(2)3/h4-5,7-13,15,17H,6,14,16,18H2,1-3H3,(H,26,29). The average Bonchev–Trinajstić information content (AvgIpc) is 2.74. The van der Waals surface area contributed by atoms with Crippen molar-refractivity contribution in [2.24, 2.45) is 0 Å². The molecule has 6 nitrogen and oxygen atoms in total. The summed E-state index contributed by atoms with van der Waals surface area (Å²) in [5.74, 6) is 0.320. The first-order valence-electron chi connectivity index (χ1n) is 10.4. The molecule has 2 aromatic carbocycles. The minimum atomic E-state index is -0.428. The van der Waals surface area contributed by atoms with Gasteiger partial charge in [0.15, 0.2) is 0 Å². The average molecular weight is 420 g/mol. The lowest BCUT2D eigenvalue weighted by molar-refractivity contribution is 0.102. The zero-order chi connectivity index (χ0) is 22.2. The SMILES string of the molecule is Cc1cccc(Cn2cccc(C(=O)Nc3ccc(OCCCN(C)C)cc3)c2=O)c1. The van der Waals surface area contributed by atoms with E-state index in [0.29, 0.717) is 18.8 Å². The number of nitrogens with zero attached hydrogens (tertiary/aromatic N) is 2. The van der Waals surface area contributed by atoms with Crippen LogP contribution in [0.5, 0.6) is 5.75 Å². The summed E-state index contributed by atoms with van der Waals surface area (Å²) in [6, 6.07) is 18.4. The van der Waals surface area contributed by atoms with Gasteiger partial charge in [-0.25, -0.2) is 0 Å². The molecule has 0 spiro atoms. The Balaban J connectivity index is 1.63. The highest BCUT2D eigenvalue weighted by atomic mass is 16.5. The quantitative estimate of drug-likeness (QED) is 0.536. The zero-order valence-corrected chi connectivity index (χ0v) is 18.3. The topological polar surface area (TPSA) is 63.6 Å². The van der Waals surface area contributed by atoms with Crippen molar-refractivity contribution in [1.82, 2.24) is 9.47 Å². The Hall–Kier alpha value is -3.38. The Labute approximate surface area is 183 Å². The van der Waals surface area contributed by atoms with E-state index in [1.807, 2.05) is 57.4 Å². The molecule has 3 rings (SSSR count). The molecule has 0 aliphatic rings. The van der Waals surface area contributed by atoms with Crippen molar-refractivity contribution < 1.29 is 9.53 Å². The van der Waals surface area contributed by atoms with Crippen molar-refractivity contribution in [3.05, 3.63) is 93.9 Å². The van der Waals surface area contributed by atoms with Gasteiger partial charge in [0.25, 0.3) is 11.5 Å². The lowest BCUT2D eigenvalue weighted by Gasteiger charge is -2.11. The minimum absolute atomic E-state index is 0.110. The largest absolute Gasteiger partial charge is 0.494 e. The van der Waals surface area contributed by atoms with Gasteiger partial charge >= 0.3 is 0 Å². The predicted molar refractivity (Wildman–Crippen MR) is 124 cm³/mol. The number of carbonyl (C=O) groups is 1. The molecular weight excluding hydrogens is 390 g/mol. The maximum absolute atomic E-state index is 12.8. The zero-order valence-electron chi connectivity index (χ0n) is 18.3. The molecule has 0 saturated heterocycles. The van der Waals surface area contributed by atoms with Crippen molar-refractivity contribution in [3.8, 4) is 5.75 Å². The number of benzene rings is 2. The number of hydrogen-bond donors (Lipinski definition) is 1. The number of pyridine rings is 1. The number of aryl methyl sites for hydroxylation is 1. The molecular formula is C25H29N3O3. The van der Waals surface area contributed by atoms with E-state index in [0.717, 1.165) is 29.8 Å². The molecule has 0 unspecified atom stereocenters. The summed E-state index contributed by atoms with van der Waals surface area (Å²) < 4.78 is 7.26. The molecule has 6 heteroatoms. The predicted octanol–water partition coefficient (Wildman–Crippen LogP) is 3.79. The first-order valence-corrected chi connectivity index (χ1v) is 10.4. The molecule has 0 radical (unpaired) electrons. The van der Waals surface area contributed by atoms with Crippen LogP contribution in [-0.4, -0.2) is 42.6 Å². The summed E-state index contributed by atoms with van der Waals surface area (Å²) in [5.41, 5.74) is 2.55. The molecule has 1 heterocycles. The van der Waals surface area contributed by atoms with Gasteiger partial charge < -0.3 is 19.5 Å². The lowest BCUT2D eigenvalue weighted by Crippen LogP contribution is -2.29. The molecule has 0 aliphatic carbocycles. The molecule has 0 fully saturated rings. The number of hydrogen-bond acceptors (Lipinski definition) is 4. The summed E-state index contributed by atoms with van der Waals surface area (Å²) in [7, 11) is 4.06. The summed E-state index contributed by atoms with van der Waals surface area (Å²) in [5, 5.41) is 2.79. The van der Waals surface area contributed by atoms with Gasteiger partial charge in [-0.05, 0) is 69.4 Å². The van der Waals surface area contributed by atoms with Crippen LogP contribution in [0.3, 0.4) is 0 Å². The van der Waals surface area contributed by atoms with Crippen LogP contribution in [0.25, 0.3) is 0 Å². The van der Waals surface area contributed by atoms with Crippen LogP contribution in [0, 0.1) is 6.92 Å². The van der Waals surface area contributed by atoms with E-state index in [9.17, 15) is 9.59 Å². The van der Waals surface area contributed by atoms with E-state index in [1.165, 1.54) is 0 Å². The van der Waals surface area contributed by atoms with E-state index >= 15 is 0 Å². The Morgan fingerprint density at radius 1 is 1.06 bits per heavy atom. The first kappa shape index (κ1) is 22.3. The number of carbonyl (C=O) groups excluding carboxylic acids is 1. The van der Waals surface area contributed by atoms with Crippen LogP contribution < -0.4 is 15.6 Å². The van der Waals surface area contributed by atoms with Crippen LogP contribution in [-0.2, 0) is 6.54 Å². The lowest BCUT2D eigenvalue weighted by atomic mass is 10.1. The number of anilines is 1. The third-order valence-corrected chi connectivity index (χ3v) is 4.83. The van der Waals surface area contributed by atoms with Gasteiger partial charge in [-0.1, -0.05) is 29.8 Å². The third-order valence-electron chi connectivity index (χ3n) is 4.83. The second-order valence-electron chi connectivity index (χ2n) is 7.83. The highest BCUT2D eigenvalue weighted by Gasteiger charge is 2.13. The number of amides is 1. The molecule has 0 aliphatic heterocycles. The van der Waals surface area contributed by atoms with Crippen LogP contribution in [0.15, 0.2) is 71.7 Å². The number of nitrogens with one attached hydrogen (secondary N) is 1. The summed E-state index contributed by atoms with van der Waals surface area (Å²) >= 11 is 0. The van der Waals surface area contributed by atoms with Crippen molar-refractivity contribution in [1.29, 1.82) is 0 Å². The molecule has 0 bridgehead atoms. The number of ether oxygens (including phenoxy) is 1. The van der Waals surface area contributed by atoms with Crippen molar-refractivity contribution in [2.75, 3.05) is 32.6 Å². The van der Waals surface area contributed by atoms with E-state index in [4.69, 9.17) is 4.74 Å². The Kier molecular flexibility index (Phi) is 7.62. The van der Waals surface area contributed by atoms with Crippen molar-refractivity contribution in [3.63, 3.8) is 0 Å². The van der Waals surface area contributed by atoms with Gasteiger partial charge in [-0.2, -0.15) is 0 Å². The van der Waals surface area contributed by atoms with Gasteiger partial charge in [0, 0.05) is 18.4 Å². The molecule has 1 N–H and O–H groups in total. The fraction of sp³-hybridized carbons (Fsp3) is 0.280. The van der Waals surface area contributed by atoms with Crippen molar-refractivity contribution >= 4 is 11.6 Å². The summed E-state index contributed by atoms with van der Waals surface area (Å²) in [6.45, 7) is 4.03. The van der Waals surface area contributed by atoms with Crippen LogP contribution in [0.1, 0.15) is 27.9 Å². The van der Waals surface area contributed by atoms with Gasteiger partial charge in [-0.15, -0.1) is 0 Å². The number of rotatable bonds is 9. The molecule has 0 atom stereocenters. The maximum Gasteiger partial charge on any atom is 0.263 e. The fourth-order valence-electron chi connectivity index (χ4n) is 3.25. The van der Waals surface area contributed by atoms with Crippen LogP contribution >= 0.6 is 0 Å². The van der Waals surface area contributed by atoms with Gasteiger partial charge in [-0.3, -0.25) is 9.59 Å². The fourth-order valence-corrected chi connectivity index (χ4v) is 3.25. The van der Waals surface area contributed by atoms with Gasteiger partial charge in [0.1, 0.15) is 11.3 Å². The Morgan fingerprint density at radius 2 is 1.84 bits per heavy atom. The van der Waals surface area contributed by atoms with E-state index in [2.05, 4.69) is 10.2 Å². The summed E-state index contributed by atoms with van der Waals surface area (Å²) in [6.07, 6.45) is 2.64. The molecule has 1 aromatic heterocycles. The van der Waals surface area contributed by atoms with E-state index in [-0.39, 0.29) is 11.1 Å². The first-order chi connectivity index (χ1) is 14.9. The molecule has 162 valence electrons. The normalized spacial score (nSPS) is 10.8. The highest BCUT2D eigenvalue weighted by Crippen LogP contribution is 2.16. The van der Waals surface area contributed by atoms with Gasteiger partial charge in [0.05, 0.1) is 13.2 Å². The Bertz CT molecular complexity index is 1070. The smallest absolute Gasteiger partial charge is 0.263 e. The van der Waals surface area contributed by atoms with Crippen LogP contribution in [0.4, 0.5) is 5.69 Å². The summed E-state index contributed by atoms with van der Waals surface area (Å²) in [4.78, 5) is 27.6. The third kappa shape index (κ3) is 6.55. The second kappa shape index (κ2) is 10.6. The molecule has 3 aromatic rings. The van der Waals surface area contributed by atoms with Crippen LogP contribution in [0.2, 0.25) is 0 Å². The van der Waals surface area contributed by atoms with Crippen molar-refractivity contribution in [2.45, 2.75) is 19.9 Å². The molecule has 1 amide bonds. The van der Waals surface area contributed by atoms with Gasteiger partial charge in [0.2, 0.25) is 0 Å². The number of aromatic nitrogens is 1. The minimum Gasteiger partial charge on any atom is -0.494 e. The van der Waals surface area contributed by atoms with E-state index in [1.54, 1.807) is 35.0 Å². The maximum atomic E-state index is 12.8. The molecule has 31 heavy (non-hydrogen) atoms. The molecule has 0 saturated carbocycles. The second-order valence-corrected chi connectivity index (χ2v) is 7.83.